The molecule has 0 aliphatic rings. The van der Waals surface area contributed by atoms with Crippen LogP contribution in [0.4, 0.5) is 5.69 Å². The van der Waals surface area contributed by atoms with Gasteiger partial charge in [-0.05, 0) is 25.5 Å². The molecule has 1 aromatic rings. The molecule has 0 saturated carbocycles. The Labute approximate surface area is 74.8 Å². The van der Waals surface area contributed by atoms with E-state index in [0.717, 1.165) is 0 Å². The molecular formula is C11H17N. The van der Waals surface area contributed by atoms with Crippen molar-refractivity contribution in [2.45, 2.75) is 32.7 Å². The molecule has 0 radical (unpaired) electrons. The molecule has 66 valence electrons. The zero-order chi connectivity index (χ0) is 8.81. The van der Waals surface area contributed by atoms with Crippen molar-refractivity contribution in [3.05, 3.63) is 30.3 Å². The summed E-state index contributed by atoms with van der Waals surface area (Å²) in [7, 11) is 0. The molecule has 1 heteroatoms. The second-order valence-electron chi connectivity index (χ2n) is 3.20. The summed E-state index contributed by atoms with van der Waals surface area (Å²) in [5.74, 6) is 0. The normalized spacial score (nSPS) is 12.5. The summed E-state index contributed by atoms with van der Waals surface area (Å²) in [5.41, 5.74) is 1.22. The topological polar surface area (TPSA) is 12.0 Å². The van der Waals surface area contributed by atoms with Gasteiger partial charge in [-0.3, -0.25) is 0 Å². The number of benzene rings is 1. The van der Waals surface area contributed by atoms with Crippen LogP contribution in [-0.4, -0.2) is 6.04 Å². The first-order valence-corrected chi connectivity index (χ1v) is 4.64. The van der Waals surface area contributed by atoms with Gasteiger partial charge >= 0.3 is 0 Å². The van der Waals surface area contributed by atoms with Gasteiger partial charge in [-0.25, -0.2) is 0 Å². The van der Waals surface area contributed by atoms with Crippen LogP contribution in [-0.2, 0) is 0 Å². The van der Waals surface area contributed by atoms with Crippen molar-refractivity contribution in [1.29, 1.82) is 0 Å². The maximum Gasteiger partial charge on any atom is 0.0342 e. The van der Waals surface area contributed by atoms with Crippen LogP contribution in [0.5, 0.6) is 0 Å². The van der Waals surface area contributed by atoms with Crippen molar-refractivity contribution in [2.75, 3.05) is 5.32 Å². The van der Waals surface area contributed by atoms with Crippen LogP contribution in [0.1, 0.15) is 26.7 Å². The van der Waals surface area contributed by atoms with Crippen LogP contribution in [0, 0.1) is 0 Å². The van der Waals surface area contributed by atoms with Crippen molar-refractivity contribution >= 4 is 5.69 Å². The summed E-state index contributed by atoms with van der Waals surface area (Å²) in [6.45, 7) is 4.43. The maximum atomic E-state index is 3.44. The van der Waals surface area contributed by atoms with Gasteiger partial charge in [-0.15, -0.1) is 0 Å². The van der Waals surface area contributed by atoms with E-state index in [1.807, 2.05) is 6.07 Å². The summed E-state index contributed by atoms with van der Waals surface area (Å²) < 4.78 is 0. The second-order valence-corrected chi connectivity index (χ2v) is 3.20. The van der Waals surface area contributed by atoms with Gasteiger partial charge in [0, 0.05) is 11.7 Å². The molecule has 1 rings (SSSR count). The fraction of sp³-hybridized carbons (Fsp3) is 0.455. The zero-order valence-electron chi connectivity index (χ0n) is 7.88. The Hall–Kier alpha value is -0.980. The monoisotopic (exact) mass is 163 g/mol. The number of para-hydroxylation sites is 1. The molecule has 0 spiro atoms. The standard InChI is InChI=1S/C11H17N/c1-3-7-10(2)12-11-8-5-4-6-9-11/h4-6,8-10,12H,3,7H2,1-2H3. The summed E-state index contributed by atoms with van der Waals surface area (Å²) in [4.78, 5) is 0. The Morgan fingerprint density at radius 3 is 2.50 bits per heavy atom. The molecule has 0 bridgehead atoms. The van der Waals surface area contributed by atoms with Gasteiger partial charge < -0.3 is 5.32 Å². The number of hydrogen-bond donors (Lipinski definition) is 1. The number of hydrogen-bond acceptors (Lipinski definition) is 1. The fourth-order valence-corrected chi connectivity index (χ4v) is 1.32. The van der Waals surface area contributed by atoms with E-state index >= 15 is 0 Å². The van der Waals surface area contributed by atoms with Gasteiger partial charge in [0.1, 0.15) is 0 Å². The van der Waals surface area contributed by atoms with Crippen LogP contribution in [0.25, 0.3) is 0 Å². The molecular weight excluding hydrogens is 146 g/mol. The molecule has 0 aromatic heterocycles. The van der Waals surface area contributed by atoms with Gasteiger partial charge in [0.15, 0.2) is 0 Å². The number of nitrogens with one attached hydrogen (secondary N) is 1. The Kier molecular flexibility index (Phi) is 3.65. The Morgan fingerprint density at radius 2 is 1.92 bits per heavy atom. The number of anilines is 1. The lowest BCUT2D eigenvalue weighted by Crippen LogP contribution is -2.14. The van der Waals surface area contributed by atoms with Crippen molar-refractivity contribution in [1.82, 2.24) is 0 Å². The van der Waals surface area contributed by atoms with Crippen LogP contribution >= 0.6 is 0 Å². The van der Waals surface area contributed by atoms with Crippen LogP contribution in [0.15, 0.2) is 30.3 Å². The summed E-state index contributed by atoms with van der Waals surface area (Å²) in [6.07, 6.45) is 2.47. The third kappa shape index (κ3) is 2.95. The molecule has 1 aromatic carbocycles. The highest BCUT2D eigenvalue weighted by Gasteiger charge is 1.98. The van der Waals surface area contributed by atoms with Crippen molar-refractivity contribution in [2.24, 2.45) is 0 Å². The molecule has 12 heavy (non-hydrogen) atoms. The lowest BCUT2D eigenvalue weighted by atomic mass is 10.2. The first kappa shape index (κ1) is 9.11. The fourth-order valence-electron chi connectivity index (χ4n) is 1.32. The van der Waals surface area contributed by atoms with E-state index in [1.54, 1.807) is 0 Å². The molecule has 0 fully saturated rings. The van der Waals surface area contributed by atoms with Crippen molar-refractivity contribution in [3.8, 4) is 0 Å². The molecule has 0 saturated heterocycles. The van der Waals surface area contributed by atoms with E-state index in [1.165, 1.54) is 18.5 Å². The minimum atomic E-state index is 0.581. The third-order valence-electron chi connectivity index (χ3n) is 1.91. The quantitative estimate of drug-likeness (QED) is 0.718. The van der Waals surface area contributed by atoms with Gasteiger partial charge in [-0.1, -0.05) is 31.5 Å². The van der Waals surface area contributed by atoms with E-state index in [0.29, 0.717) is 6.04 Å². The van der Waals surface area contributed by atoms with Gasteiger partial charge in [0.05, 0.1) is 0 Å². The van der Waals surface area contributed by atoms with Crippen LogP contribution in [0.2, 0.25) is 0 Å². The Morgan fingerprint density at radius 1 is 1.25 bits per heavy atom. The van der Waals surface area contributed by atoms with E-state index in [9.17, 15) is 0 Å². The lowest BCUT2D eigenvalue weighted by molar-refractivity contribution is 0.690. The molecule has 1 atom stereocenters. The molecule has 0 amide bonds. The molecule has 1 unspecified atom stereocenters. The number of rotatable bonds is 4. The molecule has 0 aliphatic heterocycles. The van der Waals surface area contributed by atoms with Gasteiger partial charge in [0.25, 0.3) is 0 Å². The van der Waals surface area contributed by atoms with Gasteiger partial charge in [0.2, 0.25) is 0 Å². The van der Waals surface area contributed by atoms with Gasteiger partial charge in [-0.2, -0.15) is 0 Å². The summed E-state index contributed by atoms with van der Waals surface area (Å²) in [5, 5.41) is 3.44. The largest absolute Gasteiger partial charge is 0.383 e. The van der Waals surface area contributed by atoms with Crippen LogP contribution < -0.4 is 5.32 Å². The molecule has 0 aliphatic carbocycles. The molecule has 1 N–H and O–H groups in total. The zero-order valence-corrected chi connectivity index (χ0v) is 7.88. The lowest BCUT2D eigenvalue weighted by Gasteiger charge is -2.13. The average Bonchev–Trinajstić information content (AvgIpc) is 2.06. The third-order valence-corrected chi connectivity index (χ3v) is 1.91. The Bertz CT molecular complexity index is 206. The van der Waals surface area contributed by atoms with E-state index in [-0.39, 0.29) is 0 Å². The average molecular weight is 163 g/mol. The molecule has 1 nitrogen and oxygen atoms in total. The van der Waals surface area contributed by atoms with E-state index in [2.05, 4.69) is 43.4 Å². The van der Waals surface area contributed by atoms with Crippen LogP contribution in [0.3, 0.4) is 0 Å². The van der Waals surface area contributed by atoms with Crippen molar-refractivity contribution in [3.63, 3.8) is 0 Å². The summed E-state index contributed by atoms with van der Waals surface area (Å²) >= 11 is 0. The maximum absolute atomic E-state index is 3.44. The SMILES string of the molecule is CCCC(C)Nc1ccccc1. The first-order chi connectivity index (χ1) is 5.83. The minimum absolute atomic E-state index is 0.581. The highest BCUT2D eigenvalue weighted by molar-refractivity contribution is 5.43. The van der Waals surface area contributed by atoms with E-state index < -0.39 is 0 Å². The predicted molar refractivity (Wildman–Crippen MR) is 54.4 cm³/mol. The highest BCUT2D eigenvalue weighted by atomic mass is 14.9. The Balaban J connectivity index is 2.41. The van der Waals surface area contributed by atoms with E-state index in [4.69, 9.17) is 0 Å². The smallest absolute Gasteiger partial charge is 0.0342 e. The predicted octanol–water partition coefficient (Wildman–Crippen LogP) is 3.29. The highest BCUT2D eigenvalue weighted by Crippen LogP contribution is 2.09. The summed E-state index contributed by atoms with van der Waals surface area (Å²) in [6, 6.07) is 10.9. The second kappa shape index (κ2) is 4.81. The first-order valence-electron chi connectivity index (χ1n) is 4.64. The minimum Gasteiger partial charge on any atom is -0.383 e. The molecule has 0 heterocycles. The van der Waals surface area contributed by atoms with Crippen molar-refractivity contribution < 1.29 is 0 Å².